The highest BCUT2D eigenvalue weighted by atomic mass is 19.4. The molecule has 10 heteroatoms. The number of nitrogens with one attached hydrogen (secondary N) is 1. The Morgan fingerprint density at radius 3 is 2.53 bits per heavy atom. The summed E-state index contributed by atoms with van der Waals surface area (Å²) in [6.45, 7) is 2.03. The lowest BCUT2D eigenvalue weighted by Crippen LogP contribution is -2.23. The standard InChI is InChI=1S/C24H19F3N6O/c1-14-18(13-29-32(14)2)12-28-23(34)20-11-22-30-19(10-21(24(25,26)27)33(22)31-20)17-8-7-15-5-3-4-6-16(15)9-17/h3-11,13H,12H2,1-2H3,(H,28,34). The highest BCUT2D eigenvalue weighted by molar-refractivity contribution is 5.93. The van der Waals surface area contributed by atoms with Crippen molar-refractivity contribution in [1.29, 1.82) is 0 Å². The van der Waals surface area contributed by atoms with Gasteiger partial charge in [-0.2, -0.15) is 23.4 Å². The Morgan fingerprint density at radius 2 is 1.82 bits per heavy atom. The van der Waals surface area contributed by atoms with Gasteiger partial charge in [0.1, 0.15) is 0 Å². The van der Waals surface area contributed by atoms with E-state index < -0.39 is 17.8 Å². The van der Waals surface area contributed by atoms with Crippen LogP contribution in [0.4, 0.5) is 13.2 Å². The van der Waals surface area contributed by atoms with E-state index in [9.17, 15) is 18.0 Å². The minimum absolute atomic E-state index is 0.0688. The van der Waals surface area contributed by atoms with Crippen molar-refractivity contribution in [2.75, 3.05) is 0 Å². The molecule has 0 aliphatic rings. The maximum Gasteiger partial charge on any atom is 0.433 e. The number of fused-ring (bicyclic) bond motifs is 2. The van der Waals surface area contributed by atoms with Gasteiger partial charge in [0.05, 0.1) is 11.9 Å². The van der Waals surface area contributed by atoms with Crippen molar-refractivity contribution in [3.63, 3.8) is 0 Å². The van der Waals surface area contributed by atoms with E-state index >= 15 is 0 Å². The van der Waals surface area contributed by atoms with Crippen LogP contribution in [0.3, 0.4) is 0 Å². The van der Waals surface area contributed by atoms with Crippen LogP contribution in [0.1, 0.15) is 27.4 Å². The van der Waals surface area contributed by atoms with Crippen LogP contribution < -0.4 is 5.32 Å². The Hall–Kier alpha value is -4.21. The third-order valence-electron chi connectivity index (χ3n) is 5.77. The summed E-state index contributed by atoms with van der Waals surface area (Å²) in [5, 5.41) is 12.5. The Labute approximate surface area is 191 Å². The number of carbonyl (C=O) groups excluding carboxylic acids is 1. The van der Waals surface area contributed by atoms with E-state index in [-0.39, 0.29) is 23.6 Å². The number of aromatic nitrogens is 5. The number of halogens is 3. The first-order valence-electron chi connectivity index (χ1n) is 10.4. The number of hydrogen-bond acceptors (Lipinski definition) is 4. The first kappa shape index (κ1) is 21.6. The third kappa shape index (κ3) is 3.87. The maximum absolute atomic E-state index is 13.9. The van der Waals surface area contributed by atoms with Crippen molar-refractivity contribution in [2.24, 2.45) is 7.05 Å². The van der Waals surface area contributed by atoms with Gasteiger partial charge in [-0.25, -0.2) is 9.50 Å². The number of hydrogen-bond donors (Lipinski definition) is 1. The van der Waals surface area contributed by atoms with Crippen molar-refractivity contribution in [3.05, 3.63) is 83.4 Å². The number of nitrogens with zero attached hydrogens (tertiary/aromatic N) is 5. The molecule has 5 rings (SSSR count). The molecule has 1 N–H and O–H groups in total. The van der Waals surface area contributed by atoms with E-state index in [2.05, 4.69) is 20.5 Å². The summed E-state index contributed by atoms with van der Waals surface area (Å²) in [6, 6.07) is 15.1. The quantitative estimate of drug-likeness (QED) is 0.424. The molecule has 3 heterocycles. The molecule has 0 saturated carbocycles. The average molecular weight is 464 g/mol. The van der Waals surface area contributed by atoms with Crippen molar-refractivity contribution in [2.45, 2.75) is 19.6 Å². The van der Waals surface area contributed by atoms with E-state index in [1.165, 1.54) is 6.07 Å². The topological polar surface area (TPSA) is 77.1 Å². The fraction of sp³-hybridized carbons (Fsp3) is 0.167. The molecule has 172 valence electrons. The van der Waals surface area contributed by atoms with Crippen LogP contribution in [0.25, 0.3) is 27.7 Å². The van der Waals surface area contributed by atoms with Gasteiger partial charge in [-0.1, -0.05) is 36.4 Å². The van der Waals surface area contributed by atoms with Crippen molar-refractivity contribution in [3.8, 4) is 11.3 Å². The van der Waals surface area contributed by atoms with Gasteiger partial charge in [0.25, 0.3) is 5.91 Å². The number of rotatable bonds is 4. The molecule has 5 aromatic rings. The smallest absolute Gasteiger partial charge is 0.346 e. The van der Waals surface area contributed by atoms with Gasteiger partial charge in [0.15, 0.2) is 17.0 Å². The Bertz CT molecular complexity index is 1550. The number of carbonyl (C=O) groups is 1. The van der Waals surface area contributed by atoms with Crippen LogP contribution in [0.5, 0.6) is 0 Å². The zero-order valence-corrected chi connectivity index (χ0v) is 18.3. The second-order valence-corrected chi connectivity index (χ2v) is 7.95. The fourth-order valence-corrected chi connectivity index (χ4v) is 3.77. The predicted molar refractivity (Wildman–Crippen MR) is 120 cm³/mol. The van der Waals surface area contributed by atoms with E-state index in [4.69, 9.17) is 0 Å². The normalized spacial score (nSPS) is 11.9. The number of aryl methyl sites for hydroxylation is 1. The number of amides is 1. The minimum Gasteiger partial charge on any atom is -0.346 e. The molecule has 1 amide bonds. The molecule has 0 fully saturated rings. The molecule has 7 nitrogen and oxygen atoms in total. The molecule has 0 aliphatic heterocycles. The van der Waals surface area contributed by atoms with Crippen molar-refractivity contribution >= 4 is 22.3 Å². The maximum atomic E-state index is 13.9. The molecule has 2 aromatic carbocycles. The molecule has 34 heavy (non-hydrogen) atoms. The first-order chi connectivity index (χ1) is 16.2. The van der Waals surface area contributed by atoms with Gasteiger partial charge in [0, 0.05) is 36.5 Å². The largest absolute Gasteiger partial charge is 0.433 e. The molecule has 0 atom stereocenters. The van der Waals surface area contributed by atoms with Crippen LogP contribution in [-0.2, 0) is 19.8 Å². The van der Waals surface area contributed by atoms with Crippen molar-refractivity contribution < 1.29 is 18.0 Å². The minimum atomic E-state index is -4.70. The summed E-state index contributed by atoms with van der Waals surface area (Å²) in [6.07, 6.45) is -3.07. The van der Waals surface area contributed by atoms with Gasteiger partial charge < -0.3 is 5.32 Å². The van der Waals surface area contributed by atoms with Crippen LogP contribution in [0.2, 0.25) is 0 Å². The highest BCUT2D eigenvalue weighted by Gasteiger charge is 2.35. The van der Waals surface area contributed by atoms with Gasteiger partial charge in [-0.05, 0) is 29.8 Å². The van der Waals surface area contributed by atoms with Crippen molar-refractivity contribution in [1.82, 2.24) is 29.7 Å². The Balaban J connectivity index is 1.53. The fourth-order valence-electron chi connectivity index (χ4n) is 3.77. The molecule has 0 aliphatic carbocycles. The molecule has 0 saturated heterocycles. The Morgan fingerprint density at radius 1 is 1.06 bits per heavy atom. The number of benzene rings is 2. The van der Waals surface area contributed by atoms with Crippen LogP contribution >= 0.6 is 0 Å². The zero-order valence-electron chi connectivity index (χ0n) is 18.3. The highest BCUT2D eigenvalue weighted by Crippen LogP contribution is 2.33. The average Bonchev–Trinajstić information content (AvgIpc) is 3.39. The summed E-state index contributed by atoms with van der Waals surface area (Å²) in [5.41, 5.74) is 1.11. The van der Waals surface area contributed by atoms with Gasteiger partial charge in [-0.3, -0.25) is 9.48 Å². The lowest BCUT2D eigenvalue weighted by atomic mass is 10.0. The molecule has 0 unspecified atom stereocenters. The van der Waals surface area contributed by atoms with E-state index in [1.807, 2.05) is 37.3 Å². The second-order valence-electron chi connectivity index (χ2n) is 7.95. The lowest BCUT2D eigenvalue weighted by Gasteiger charge is -2.11. The van der Waals surface area contributed by atoms with E-state index in [0.29, 0.717) is 10.1 Å². The predicted octanol–water partition coefficient (Wildman–Crippen LogP) is 4.54. The summed E-state index contributed by atoms with van der Waals surface area (Å²) in [7, 11) is 1.78. The van der Waals surface area contributed by atoms with Gasteiger partial charge in [-0.15, -0.1) is 0 Å². The molecule has 0 spiro atoms. The van der Waals surface area contributed by atoms with Crippen LogP contribution in [0, 0.1) is 6.92 Å². The third-order valence-corrected chi connectivity index (χ3v) is 5.77. The summed E-state index contributed by atoms with van der Waals surface area (Å²) >= 11 is 0. The first-order valence-corrected chi connectivity index (χ1v) is 10.4. The molecule has 0 radical (unpaired) electrons. The molecular formula is C24H19F3N6O. The SMILES string of the molecule is Cc1c(CNC(=O)c2cc3nc(-c4ccc5ccccc5c4)cc(C(F)(F)F)n3n2)cnn1C. The lowest BCUT2D eigenvalue weighted by molar-refractivity contribution is -0.142. The Kier molecular flexibility index (Phi) is 5.07. The molecule has 3 aromatic heterocycles. The number of alkyl halides is 3. The second kappa shape index (κ2) is 7.98. The monoisotopic (exact) mass is 464 g/mol. The zero-order chi connectivity index (χ0) is 24.0. The van der Waals surface area contributed by atoms with Gasteiger partial charge in [0.2, 0.25) is 0 Å². The van der Waals surface area contributed by atoms with Crippen LogP contribution in [0.15, 0.2) is 60.8 Å². The summed E-state index contributed by atoms with van der Waals surface area (Å²) in [4.78, 5) is 17.0. The van der Waals surface area contributed by atoms with Crippen LogP contribution in [-0.4, -0.2) is 30.3 Å². The molecule has 0 bridgehead atoms. The van der Waals surface area contributed by atoms with E-state index in [1.54, 1.807) is 30.1 Å². The van der Waals surface area contributed by atoms with E-state index in [0.717, 1.165) is 28.1 Å². The summed E-state index contributed by atoms with van der Waals surface area (Å²) < 4.78 is 44.0. The van der Waals surface area contributed by atoms with Gasteiger partial charge >= 0.3 is 6.18 Å². The summed E-state index contributed by atoms with van der Waals surface area (Å²) in [5.74, 6) is -0.603. The molecular weight excluding hydrogens is 445 g/mol.